The zero-order valence-electron chi connectivity index (χ0n) is 7.31. The van der Waals surface area contributed by atoms with Crippen molar-refractivity contribution in [2.75, 3.05) is 5.75 Å². The van der Waals surface area contributed by atoms with Crippen LogP contribution >= 0.6 is 22.4 Å². The summed E-state index contributed by atoms with van der Waals surface area (Å²) in [6, 6.07) is 6.64. The van der Waals surface area contributed by atoms with Gasteiger partial charge in [0, 0.05) is 21.3 Å². The van der Waals surface area contributed by atoms with Crippen molar-refractivity contribution in [2.24, 2.45) is 0 Å². The predicted molar refractivity (Wildman–Crippen MR) is 60.4 cm³/mol. The molecule has 14 heavy (non-hydrogen) atoms. The Balaban J connectivity index is 3.10. The van der Waals surface area contributed by atoms with Gasteiger partial charge in [0.05, 0.1) is 4.90 Å². The highest BCUT2D eigenvalue weighted by Gasteiger charge is 2.14. The number of benzene rings is 1. The van der Waals surface area contributed by atoms with Gasteiger partial charge in [0.2, 0.25) is 0 Å². The van der Waals surface area contributed by atoms with E-state index in [0.29, 0.717) is 10.6 Å². The van der Waals surface area contributed by atoms with Crippen LogP contribution in [0.1, 0.15) is 0 Å². The molecule has 0 spiro atoms. The largest absolute Gasteiger partial charge is 0.262 e. The second kappa shape index (κ2) is 4.87. The Morgan fingerprint density at radius 1 is 1.43 bits per heavy atom. The first-order valence-corrected chi connectivity index (χ1v) is 7.12. The summed E-state index contributed by atoms with van der Waals surface area (Å²) in [6.45, 7) is 3.56. The van der Waals surface area contributed by atoms with Gasteiger partial charge in [0.1, 0.15) is 0 Å². The molecular weight excluding hydrogens is 240 g/mol. The van der Waals surface area contributed by atoms with Crippen molar-refractivity contribution in [1.29, 1.82) is 0 Å². The fourth-order valence-corrected chi connectivity index (χ4v) is 3.20. The molecule has 0 aliphatic heterocycles. The predicted octanol–water partition coefficient (Wildman–Crippen LogP) is 2.89. The van der Waals surface area contributed by atoms with E-state index in [4.69, 9.17) is 10.7 Å². The average Bonchev–Trinajstić information content (AvgIpc) is 2.14. The first-order valence-electron chi connectivity index (χ1n) is 3.83. The molecule has 0 unspecified atom stereocenters. The Labute approximate surface area is 92.4 Å². The van der Waals surface area contributed by atoms with Gasteiger partial charge < -0.3 is 0 Å². The molecule has 0 aliphatic carbocycles. The van der Waals surface area contributed by atoms with Gasteiger partial charge in [-0.25, -0.2) is 8.42 Å². The molecule has 76 valence electrons. The minimum atomic E-state index is -3.65. The van der Waals surface area contributed by atoms with Crippen LogP contribution in [0.15, 0.2) is 46.7 Å². The number of rotatable bonds is 4. The van der Waals surface area contributed by atoms with Crippen LogP contribution in [0.5, 0.6) is 0 Å². The van der Waals surface area contributed by atoms with Crippen LogP contribution in [0.25, 0.3) is 0 Å². The molecule has 1 aromatic rings. The van der Waals surface area contributed by atoms with E-state index in [1.165, 1.54) is 17.8 Å². The SMILES string of the molecule is C=CCSc1ccccc1S(=O)(=O)Cl. The Bertz CT molecular complexity index is 426. The average molecular weight is 249 g/mol. The molecule has 0 atom stereocenters. The summed E-state index contributed by atoms with van der Waals surface area (Å²) in [5.74, 6) is 0.656. The third kappa shape index (κ3) is 3.04. The smallest absolute Gasteiger partial charge is 0.207 e. The van der Waals surface area contributed by atoms with Crippen molar-refractivity contribution >= 4 is 31.5 Å². The van der Waals surface area contributed by atoms with Gasteiger partial charge in [0.25, 0.3) is 9.05 Å². The second-order valence-corrected chi connectivity index (χ2v) is 6.08. The highest BCUT2D eigenvalue weighted by molar-refractivity contribution is 8.14. The van der Waals surface area contributed by atoms with Crippen molar-refractivity contribution in [3.05, 3.63) is 36.9 Å². The van der Waals surface area contributed by atoms with Crippen LogP contribution in [-0.2, 0) is 9.05 Å². The van der Waals surface area contributed by atoms with E-state index < -0.39 is 9.05 Å². The van der Waals surface area contributed by atoms with Crippen LogP contribution in [0.4, 0.5) is 0 Å². The number of halogens is 1. The lowest BCUT2D eigenvalue weighted by atomic mass is 10.4. The third-order valence-electron chi connectivity index (χ3n) is 1.47. The first kappa shape index (κ1) is 11.6. The fraction of sp³-hybridized carbons (Fsp3) is 0.111. The lowest BCUT2D eigenvalue weighted by Crippen LogP contribution is -1.93. The Hall–Kier alpha value is -0.450. The molecule has 0 fully saturated rings. The zero-order chi connectivity index (χ0) is 10.6. The summed E-state index contributed by atoms with van der Waals surface area (Å²) in [4.78, 5) is 0.816. The molecule has 0 saturated heterocycles. The van der Waals surface area contributed by atoms with Gasteiger partial charge in [-0.15, -0.1) is 18.3 Å². The summed E-state index contributed by atoms with van der Waals surface area (Å²) in [5.41, 5.74) is 0. The third-order valence-corrected chi connectivity index (χ3v) is 4.05. The maximum Gasteiger partial charge on any atom is 0.262 e. The van der Waals surface area contributed by atoms with Crippen molar-refractivity contribution < 1.29 is 8.42 Å². The lowest BCUT2D eigenvalue weighted by Gasteiger charge is -2.03. The van der Waals surface area contributed by atoms with E-state index in [9.17, 15) is 8.42 Å². The molecule has 1 rings (SSSR count). The van der Waals surface area contributed by atoms with Crippen LogP contribution in [-0.4, -0.2) is 14.2 Å². The molecule has 0 amide bonds. The molecule has 1 aromatic carbocycles. The molecule has 0 heterocycles. The minimum absolute atomic E-state index is 0.161. The Kier molecular flexibility index (Phi) is 4.04. The monoisotopic (exact) mass is 248 g/mol. The zero-order valence-corrected chi connectivity index (χ0v) is 9.70. The van der Waals surface area contributed by atoms with Gasteiger partial charge in [-0.05, 0) is 12.1 Å². The molecule has 5 heteroatoms. The summed E-state index contributed by atoms with van der Waals surface area (Å²) in [7, 11) is 1.63. The highest BCUT2D eigenvalue weighted by Crippen LogP contribution is 2.28. The molecule has 0 bridgehead atoms. The molecule has 0 N–H and O–H groups in total. The molecular formula is C9H9ClO2S2. The maximum absolute atomic E-state index is 11.1. The molecule has 0 radical (unpaired) electrons. The van der Waals surface area contributed by atoms with E-state index in [1.54, 1.807) is 24.3 Å². The van der Waals surface area contributed by atoms with Gasteiger partial charge in [-0.1, -0.05) is 18.2 Å². The van der Waals surface area contributed by atoms with E-state index in [0.717, 1.165) is 0 Å². The Morgan fingerprint density at radius 2 is 2.07 bits per heavy atom. The summed E-state index contributed by atoms with van der Waals surface area (Å²) in [6.07, 6.45) is 1.71. The summed E-state index contributed by atoms with van der Waals surface area (Å²) in [5, 5.41) is 0. The quantitative estimate of drug-likeness (QED) is 0.467. The van der Waals surface area contributed by atoms with Gasteiger partial charge in [0.15, 0.2) is 0 Å². The first-order chi connectivity index (χ1) is 6.55. The van der Waals surface area contributed by atoms with Crippen molar-refractivity contribution in [1.82, 2.24) is 0 Å². The number of hydrogen-bond donors (Lipinski definition) is 0. The molecule has 0 saturated carbocycles. The highest BCUT2D eigenvalue weighted by atomic mass is 35.7. The van der Waals surface area contributed by atoms with E-state index in [1.807, 2.05) is 0 Å². The summed E-state index contributed by atoms with van der Waals surface area (Å²) >= 11 is 1.39. The molecule has 0 aliphatic rings. The van der Waals surface area contributed by atoms with Crippen LogP contribution in [0.3, 0.4) is 0 Å². The number of hydrogen-bond acceptors (Lipinski definition) is 3. The lowest BCUT2D eigenvalue weighted by molar-refractivity contribution is 0.608. The van der Waals surface area contributed by atoms with Gasteiger partial charge >= 0.3 is 0 Å². The van der Waals surface area contributed by atoms with E-state index in [-0.39, 0.29) is 4.90 Å². The van der Waals surface area contributed by atoms with Crippen LogP contribution in [0, 0.1) is 0 Å². The minimum Gasteiger partial charge on any atom is -0.207 e. The summed E-state index contributed by atoms with van der Waals surface area (Å²) < 4.78 is 22.3. The topological polar surface area (TPSA) is 34.1 Å². The normalized spacial score (nSPS) is 11.2. The van der Waals surface area contributed by atoms with Gasteiger partial charge in [-0.3, -0.25) is 0 Å². The van der Waals surface area contributed by atoms with Crippen LogP contribution < -0.4 is 0 Å². The Morgan fingerprint density at radius 3 is 2.64 bits per heavy atom. The standard InChI is InChI=1S/C9H9ClO2S2/c1-2-7-13-8-5-3-4-6-9(8)14(10,11)12/h2-6H,1,7H2. The van der Waals surface area contributed by atoms with E-state index in [2.05, 4.69) is 6.58 Å². The second-order valence-electron chi connectivity index (χ2n) is 2.48. The van der Waals surface area contributed by atoms with Crippen molar-refractivity contribution in [2.45, 2.75) is 9.79 Å². The van der Waals surface area contributed by atoms with Gasteiger partial charge in [-0.2, -0.15) is 0 Å². The molecule has 2 nitrogen and oxygen atoms in total. The van der Waals surface area contributed by atoms with E-state index >= 15 is 0 Å². The molecule has 0 aromatic heterocycles. The fourth-order valence-electron chi connectivity index (χ4n) is 0.920. The maximum atomic E-state index is 11.1. The van der Waals surface area contributed by atoms with Crippen molar-refractivity contribution in [3.63, 3.8) is 0 Å². The van der Waals surface area contributed by atoms with Crippen LogP contribution in [0.2, 0.25) is 0 Å². The van der Waals surface area contributed by atoms with Crippen molar-refractivity contribution in [3.8, 4) is 0 Å². The number of thioether (sulfide) groups is 1.